The Bertz CT molecular complexity index is 3370. The van der Waals surface area contributed by atoms with Gasteiger partial charge in [-0.15, -0.1) is 0 Å². The second-order valence-electron chi connectivity index (χ2n) is 16.4. The van der Waals surface area contributed by atoms with Gasteiger partial charge in [0.2, 0.25) is 0 Å². The Hall–Kier alpha value is -8.20. The van der Waals surface area contributed by atoms with Crippen LogP contribution >= 0.6 is 0 Å². The van der Waals surface area contributed by atoms with Crippen LogP contribution in [-0.2, 0) is 5.41 Å². The topological polar surface area (TPSA) is 16.4 Å². The summed E-state index contributed by atoms with van der Waals surface area (Å²) in [5, 5.41) is 2.27. The van der Waals surface area contributed by atoms with Crippen molar-refractivity contribution < 1.29 is 4.42 Å². The average molecular weight is 804 g/mol. The zero-order chi connectivity index (χ0) is 41.7. The predicted octanol–water partition coefficient (Wildman–Crippen LogP) is 16.4. The van der Waals surface area contributed by atoms with E-state index in [0.717, 1.165) is 44.6 Å². The Labute approximate surface area is 367 Å². The smallest absolute Gasteiger partial charge is 0.135 e. The van der Waals surface area contributed by atoms with Crippen molar-refractivity contribution in [2.75, 3.05) is 4.90 Å². The normalized spacial score (nSPS) is 12.6. The highest BCUT2D eigenvalue weighted by atomic mass is 16.3. The molecule has 63 heavy (non-hydrogen) atoms. The zero-order valence-corrected chi connectivity index (χ0v) is 34.5. The minimum Gasteiger partial charge on any atom is -0.456 e. The summed E-state index contributed by atoms with van der Waals surface area (Å²) in [5.41, 5.74) is 19.4. The van der Waals surface area contributed by atoms with E-state index in [9.17, 15) is 0 Å². The second kappa shape index (κ2) is 15.1. The minimum atomic E-state index is -0.455. The Balaban J connectivity index is 0.941. The van der Waals surface area contributed by atoms with Crippen molar-refractivity contribution >= 4 is 39.0 Å². The number of hydrogen-bond acceptors (Lipinski definition) is 2. The van der Waals surface area contributed by atoms with E-state index in [1.807, 2.05) is 12.1 Å². The third-order valence-corrected chi connectivity index (χ3v) is 13.0. The lowest BCUT2D eigenvalue weighted by Crippen LogP contribution is -2.28. The van der Waals surface area contributed by atoms with Gasteiger partial charge in [-0.1, -0.05) is 188 Å². The van der Waals surface area contributed by atoms with Gasteiger partial charge in [-0.2, -0.15) is 0 Å². The number of fused-ring (bicyclic) bond motifs is 6. The molecule has 1 aliphatic carbocycles. The van der Waals surface area contributed by atoms with Crippen molar-refractivity contribution in [2.24, 2.45) is 0 Å². The van der Waals surface area contributed by atoms with Crippen LogP contribution in [0, 0.1) is 0 Å². The van der Waals surface area contributed by atoms with Crippen LogP contribution in [0.4, 0.5) is 17.1 Å². The quantitative estimate of drug-likeness (QED) is 0.152. The third kappa shape index (κ3) is 6.10. The predicted molar refractivity (Wildman–Crippen MR) is 262 cm³/mol. The Morgan fingerprint density at radius 2 is 0.714 bits per heavy atom. The Morgan fingerprint density at radius 3 is 1.37 bits per heavy atom. The number of furan rings is 1. The lowest BCUT2D eigenvalue weighted by molar-refractivity contribution is 0.669. The fraction of sp³-hybridized carbons (Fsp3) is 0.0164. The van der Waals surface area contributed by atoms with Gasteiger partial charge in [-0.3, -0.25) is 0 Å². The van der Waals surface area contributed by atoms with Gasteiger partial charge < -0.3 is 9.32 Å². The molecule has 0 saturated heterocycles. The number of anilines is 3. The maximum atomic E-state index is 6.13. The van der Waals surface area contributed by atoms with Gasteiger partial charge in [0.05, 0.1) is 5.41 Å². The first kappa shape index (κ1) is 36.6. The molecule has 0 unspecified atom stereocenters. The first-order valence-corrected chi connectivity index (χ1v) is 21.7. The highest BCUT2D eigenvalue weighted by molar-refractivity contribution is 6.06. The summed E-state index contributed by atoms with van der Waals surface area (Å²) in [6, 6.07) is 90.2. The molecule has 0 atom stereocenters. The summed E-state index contributed by atoms with van der Waals surface area (Å²) in [4.78, 5) is 2.37. The summed E-state index contributed by atoms with van der Waals surface area (Å²) < 4.78 is 6.13. The maximum Gasteiger partial charge on any atom is 0.135 e. The van der Waals surface area contributed by atoms with E-state index < -0.39 is 5.41 Å². The molecule has 2 heteroatoms. The van der Waals surface area contributed by atoms with Crippen LogP contribution in [0.5, 0.6) is 0 Å². The molecule has 1 heterocycles. The molecular formula is C61H41NO. The van der Waals surface area contributed by atoms with E-state index in [1.165, 1.54) is 61.2 Å². The first-order valence-electron chi connectivity index (χ1n) is 21.7. The summed E-state index contributed by atoms with van der Waals surface area (Å²) in [6.45, 7) is 0. The standard InChI is InChI=1S/C61H41NO/c1-3-14-42(15-4-1)43-26-33-50(34-27-43)62(51-35-28-44(29-36-51)45-16-13-17-46(40-45)47-30-39-60-56(41-47)55-22-9-12-25-59(55)63-60)52-37-31-49(32-38-52)61(48-18-5-2-6-19-48)57-23-10-7-20-53(57)54-21-8-11-24-58(54)61/h1-41H. The molecule has 0 saturated carbocycles. The van der Waals surface area contributed by atoms with Crippen LogP contribution in [-0.4, -0.2) is 0 Å². The molecule has 296 valence electrons. The maximum absolute atomic E-state index is 6.13. The van der Waals surface area contributed by atoms with Crippen LogP contribution in [0.2, 0.25) is 0 Å². The Morgan fingerprint density at radius 1 is 0.286 bits per heavy atom. The largest absolute Gasteiger partial charge is 0.456 e. The average Bonchev–Trinajstić information content (AvgIpc) is 3.89. The second-order valence-corrected chi connectivity index (χ2v) is 16.4. The lowest BCUT2D eigenvalue weighted by atomic mass is 9.68. The molecule has 0 N–H and O–H groups in total. The number of benzene rings is 10. The minimum absolute atomic E-state index is 0.455. The number of nitrogens with zero attached hydrogens (tertiary/aromatic N) is 1. The molecule has 10 aromatic carbocycles. The lowest BCUT2D eigenvalue weighted by Gasteiger charge is -2.34. The molecule has 0 amide bonds. The van der Waals surface area contributed by atoms with Crippen molar-refractivity contribution in [3.05, 3.63) is 271 Å². The van der Waals surface area contributed by atoms with Crippen molar-refractivity contribution in [3.63, 3.8) is 0 Å². The molecule has 0 spiro atoms. The van der Waals surface area contributed by atoms with E-state index in [0.29, 0.717) is 0 Å². The molecule has 1 aliphatic rings. The van der Waals surface area contributed by atoms with Gasteiger partial charge >= 0.3 is 0 Å². The fourth-order valence-electron chi connectivity index (χ4n) is 10.0. The van der Waals surface area contributed by atoms with E-state index in [4.69, 9.17) is 4.42 Å². The summed E-state index contributed by atoms with van der Waals surface area (Å²) >= 11 is 0. The number of rotatable bonds is 8. The first-order chi connectivity index (χ1) is 31.2. The van der Waals surface area contributed by atoms with Crippen LogP contribution in [0.1, 0.15) is 22.3 Å². The van der Waals surface area contributed by atoms with E-state index in [1.54, 1.807) is 0 Å². The van der Waals surface area contributed by atoms with Crippen LogP contribution in [0.25, 0.3) is 66.4 Å². The molecule has 11 aromatic rings. The molecule has 0 fully saturated rings. The van der Waals surface area contributed by atoms with Gasteiger partial charge in [0.25, 0.3) is 0 Å². The van der Waals surface area contributed by atoms with Crippen molar-refractivity contribution in [1.29, 1.82) is 0 Å². The highest BCUT2D eigenvalue weighted by Gasteiger charge is 2.45. The molecule has 2 nitrogen and oxygen atoms in total. The van der Waals surface area contributed by atoms with E-state index >= 15 is 0 Å². The van der Waals surface area contributed by atoms with Crippen LogP contribution in [0.15, 0.2) is 253 Å². The Kier molecular flexibility index (Phi) is 8.76. The summed E-state index contributed by atoms with van der Waals surface area (Å²) in [5.74, 6) is 0. The van der Waals surface area contributed by atoms with E-state index in [-0.39, 0.29) is 0 Å². The van der Waals surface area contributed by atoms with Crippen LogP contribution in [0.3, 0.4) is 0 Å². The van der Waals surface area contributed by atoms with Gasteiger partial charge in [0, 0.05) is 27.8 Å². The van der Waals surface area contributed by atoms with Gasteiger partial charge in [0.15, 0.2) is 0 Å². The van der Waals surface area contributed by atoms with Crippen molar-refractivity contribution in [2.45, 2.75) is 5.41 Å². The number of hydrogen-bond donors (Lipinski definition) is 0. The van der Waals surface area contributed by atoms with Crippen LogP contribution < -0.4 is 4.90 Å². The van der Waals surface area contributed by atoms with Crippen molar-refractivity contribution in [3.8, 4) is 44.5 Å². The highest BCUT2D eigenvalue weighted by Crippen LogP contribution is 2.56. The SMILES string of the molecule is c1ccc(-c2ccc(N(c3ccc(-c4cccc(-c5ccc6oc7ccccc7c6c5)c4)cc3)c3ccc(C4(c5ccccc5)c5ccccc5-c5ccccc54)cc3)cc2)cc1. The van der Waals surface area contributed by atoms with Gasteiger partial charge in [-0.05, 0) is 127 Å². The molecule has 1 aromatic heterocycles. The van der Waals surface area contributed by atoms with Gasteiger partial charge in [-0.25, -0.2) is 0 Å². The fourth-order valence-corrected chi connectivity index (χ4v) is 10.0. The molecule has 12 rings (SSSR count). The molecule has 0 bridgehead atoms. The monoisotopic (exact) mass is 803 g/mol. The van der Waals surface area contributed by atoms with E-state index in [2.05, 4.69) is 241 Å². The van der Waals surface area contributed by atoms with Gasteiger partial charge in [0.1, 0.15) is 11.2 Å². The summed E-state index contributed by atoms with van der Waals surface area (Å²) in [7, 11) is 0. The number of para-hydroxylation sites is 1. The third-order valence-electron chi connectivity index (χ3n) is 13.0. The molecular weight excluding hydrogens is 763 g/mol. The van der Waals surface area contributed by atoms with Crippen molar-refractivity contribution in [1.82, 2.24) is 0 Å². The molecule has 0 radical (unpaired) electrons. The zero-order valence-electron chi connectivity index (χ0n) is 34.5. The molecule has 0 aliphatic heterocycles. The summed E-state index contributed by atoms with van der Waals surface area (Å²) in [6.07, 6.45) is 0.